The van der Waals surface area contributed by atoms with E-state index in [2.05, 4.69) is 5.32 Å². The van der Waals surface area contributed by atoms with Crippen LogP contribution >= 0.6 is 0 Å². The summed E-state index contributed by atoms with van der Waals surface area (Å²) in [7, 11) is 2.02. The first-order valence-electron chi connectivity index (χ1n) is 8.23. The van der Waals surface area contributed by atoms with Crippen LogP contribution in [0.15, 0.2) is 0 Å². The fourth-order valence-corrected chi connectivity index (χ4v) is 4.69. The van der Waals surface area contributed by atoms with Gasteiger partial charge in [-0.3, -0.25) is 4.79 Å². The Hall–Kier alpha value is -0.570. The summed E-state index contributed by atoms with van der Waals surface area (Å²) in [6.45, 7) is 3.24. The second kappa shape index (κ2) is 5.82. The first kappa shape index (κ1) is 13.4. The van der Waals surface area contributed by atoms with Gasteiger partial charge in [0.2, 0.25) is 5.91 Å². The summed E-state index contributed by atoms with van der Waals surface area (Å²) in [5, 5.41) is 3.57. The van der Waals surface area contributed by atoms with Crippen molar-refractivity contribution in [3.8, 4) is 0 Å². The third-order valence-corrected chi connectivity index (χ3v) is 5.71. The minimum absolute atomic E-state index is 0.318. The number of carbonyl (C=O) groups is 1. The minimum Gasteiger partial charge on any atom is -0.345 e. The summed E-state index contributed by atoms with van der Waals surface area (Å²) < 4.78 is 0. The van der Waals surface area contributed by atoms with Gasteiger partial charge in [-0.1, -0.05) is 32.1 Å². The fourth-order valence-electron chi connectivity index (χ4n) is 4.69. The van der Waals surface area contributed by atoms with Crippen LogP contribution in [0.2, 0.25) is 0 Å². The molecule has 0 aromatic heterocycles. The van der Waals surface area contributed by atoms with Gasteiger partial charge in [0.25, 0.3) is 0 Å². The van der Waals surface area contributed by atoms with Crippen molar-refractivity contribution in [2.24, 2.45) is 23.7 Å². The first-order chi connectivity index (χ1) is 9.27. The van der Waals surface area contributed by atoms with Crippen LogP contribution in [0.5, 0.6) is 0 Å². The lowest BCUT2D eigenvalue weighted by molar-refractivity contribution is -0.135. The van der Waals surface area contributed by atoms with Gasteiger partial charge in [-0.15, -0.1) is 0 Å². The maximum Gasteiger partial charge on any atom is 0.225 e. The van der Waals surface area contributed by atoms with Gasteiger partial charge in [-0.05, 0) is 43.7 Å². The zero-order valence-corrected chi connectivity index (χ0v) is 12.2. The molecule has 3 aliphatic rings. The van der Waals surface area contributed by atoms with Crippen LogP contribution in [0, 0.1) is 23.7 Å². The molecule has 108 valence electrons. The van der Waals surface area contributed by atoms with E-state index < -0.39 is 0 Å². The maximum atomic E-state index is 12.7. The van der Waals surface area contributed by atoms with Crippen molar-refractivity contribution in [1.82, 2.24) is 10.2 Å². The van der Waals surface area contributed by atoms with Crippen LogP contribution < -0.4 is 5.32 Å². The normalized spacial score (nSPS) is 40.7. The Bertz CT molecular complexity index is 331. The molecule has 1 amide bonds. The van der Waals surface area contributed by atoms with Gasteiger partial charge in [0.1, 0.15) is 0 Å². The molecule has 0 aromatic rings. The molecule has 0 aromatic carbocycles. The van der Waals surface area contributed by atoms with Crippen LogP contribution in [0.1, 0.15) is 44.9 Å². The molecule has 2 heterocycles. The van der Waals surface area contributed by atoms with E-state index in [9.17, 15) is 4.79 Å². The third-order valence-electron chi connectivity index (χ3n) is 5.71. The number of amides is 1. The van der Waals surface area contributed by atoms with E-state index in [4.69, 9.17) is 0 Å². The van der Waals surface area contributed by atoms with Crippen molar-refractivity contribution in [1.29, 1.82) is 0 Å². The van der Waals surface area contributed by atoms with Crippen LogP contribution in [-0.2, 0) is 4.79 Å². The van der Waals surface area contributed by atoms with E-state index in [1.54, 1.807) is 0 Å². The van der Waals surface area contributed by atoms with Crippen molar-refractivity contribution in [2.75, 3.05) is 26.7 Å². The third kappa shape index (κ3) is 2.67. The second-order valence-electron chi connectivity index (χ2n) is 6.92. The quantitative estimate of drug-likeness (QED) is 0.728. The van der Waals surface area contributed by atoms with E-state index >= 15 is 0 Å². The number of likely N-dealkylation sites (tertiary alicyclic amines) is 1. The molecule has 0 spiro atoms. The molecule has 2 aliphatic heterocycles. The number of nitrogens with one attached hydrogen (secondary N) is 1. The van der Waals surface area contributed by atoms with Gasteiger partial charge in [-0.25, -0.2) is 0 Å². The lowest BCUT2D eigenvalue weighted by Gasteiger charge is -2.30. The Morgan fingerprint density at radius 1 is 1.00 bits per heavy atom. The summed E-state index contributed by atoms with van der Waals surface area (Å²) in [5.74, 6) is 2.86. The largest absolute Gasteiger partial charge is 0.345 e. The highest BCUT2D eigenvalue weighted by atomic mass is 16.2. The van der Waals surface area contributed by atoms with Crippen molar-refractivity contribution in [3.63, 3.8) is 0 Å². The Morgan fingerprint density at radius 3 is 2.58 bits per heavy atom. The molecule has 3 nitrogen and oxygen atoms in total. The minimum atomic E-state index is 0.318. The smallest absolute Gasteiger partial charge is 0.225 e. The molecule has 4 atom stereocenters. The summed E-state index contributed by atoms with van der Waals surface area (Å²) in [6.07, 6.45) is 9.08. The molecule has 3 fully saturated rings. The first-order valence-corrected chi connectivity index (χ1v) is 8.23. The molecule has 4 unspecified atom stereocenters. The van der Waals surface area contributed by atoms with Gasteiger partial charge >= 0.3 is 0 Å². The number of hydrogen-bond acceptors (Lipinski definition) is 2. The lowest BCUT2D eigenvalue weighted by atomic mass is 9.73. The zero-order valence-electron chi connectivity index (χ0n) is 12.2. The highest BCUT2D eigenvalue weighted by Crippen LogP contribution is 2.40. The molecule has 19 heavy (non-hydrogen) atoms. The average molecular weight is 264 g/mol. The predicted molar refractivity (Wildman–Crippen MR) is 76.8 cm³/mol. The van der Waals surface area contributed by atoms with E-state index in [1.165, 1.54) is 38.5 Å². The van der Waals surface area contributed by atoms with Crippen molar-refractivity contribution >= 4 is 5.91 Å². The Kier molecular flexibility index (Phi) is 4.11. The molecular formula is C16H28N2O. The molecule has 1 saturated carbocycles. The zero-order chi connectivity index (χ0) is 13.2. The van der Waals surface area contributed by atoms with Crippen molar-refractivity contribution < 1.29 is 4.79 Å². The molecule has 2 saturated heterocycles. The molecular weight excluding hydrogens is 236 g/mol. The molecule has 1 N–H and O–H groups in total. The van der Waals surface area contributed by atoms with Gasteiger partial charge < -0.3 is 10.2 Å². The van der Waals surface area contributed by atoms with E-state index in [-0.39, 0.29) is 0 Å². The SMILES string of the molecule is CN1CC2CNCC2C2CCCCCCCC2C1=O. The summed E-state index contributed by atoms with van der Waals surface area (Å²) in [4.78, 5) is 14.7. The van der Waals surface area contributed by atoms with Gasteiger partial charge in [-0.2, -0.15) is 0 Å². The monoisotopic (exact) mass is 264 g/mol. The van der Waals surface area contributed by atoms with Crippen LogP contribution in [0.4, 0.5) is 0 Å². The number of rotatable bonds is 0. The summed E-state index contributed by atoms with van der Waals surface area (Å²) in [5.41, 5.74) is 0. The lowest BCUT2D eigenvalue weighted by Crippen LogP contribution is -2.36. The highest BCUT2D eigenvalue weighted by molar-refractivity contribution is 5.79. The van der Waals surface area contributed by atoms with E-state index in [0.29, 0.717) is 23.7 Å². The Morgan fingerprint density at radius 2 is 1.74 bits per heavy atom. The summed E-state index contributed by atoms with van der Waals surface area (Å²) >= 11 is 0. The molecule has 0 radical (unpaired) electrons. The number of nitrogens with zero attached hydrogens (tertiary/aromatic N) is 1. The second-order valence-corrected chi connectivity index (χ2v) is 6.92. The van der Waals surface area contributed by atoms with Crippen LogP contribution in [0.25, 0.3) is 0 Å². The molecule has 1 aliphatic carbocycles. The highest BCUT2D eigenvalue weighted by Gasteiger charge is 2.44. The number of fused-ring (bicyclic) bond motifs is 3. The summed E-state index contributed by atoms with van der Waals surface area (Å²) in [6, 6.07) is 0. The number of hydrogen-bond donors (Lipinski definition) is 1. The Labute approximate surface area is 117 Å². The van der Waals surface area contributed by atoms with E-state index in [0.717, 1.165) is 32.0 Å². The number of carbonyl (C=O) groups excluding carboxylic acids is 1. The van der Waals surface area contributed by atoms with Gasteiger partial charge in [0, 0.05) is 19.5 Å². The Balaban J connectivity index is 1.85. The van der Waals surface area contributed by atoms with Crippen LogP contribution in [0.3, 0.4) is 0 Å². The fraction of sp³-hybridized carbons (Fsp3) is 0.938. The van der Waals surface area contributed by atoms with Gasteiger partial charge in [0.05, 0.1) is 0 Å². The van der Waals surface area contributed by atoms with Crippen LogP contribution in [-0.4, -0.2) is 37.5 Å². The maximum absolute atomic E-state index is 12.7. The van der Waals surface area contributed by atoms with Crippen molar-refractivity contribution in [3.05, 3.63) is 0 Å². The van der Waals surface area contributed by atoms with E-state index in [1.807, 2.05) is 11.9 Å². The van der Waals surface area contributed by atoms with Gasteiger partial charge in [0.15, 0.2) is 0 Å². The molecule has 3 rings (SSSR count). The average Bonchev–Trinajstić information content (AvgIpc) is 2.85. The van der Waals surface area contributed by atoms with Crippen molar-refractivity contribution in [2.45, 2.75) is 44.9 Å². The molecule has 3 heteroatoms. The standard InChI is InChI=1S/C16H28N2O/c1-18-11-12-9-17-10-15(12)13-7-5-3-2-4-6-8-14(13)16(18)19/h12-15,17H,2-11H2,1H3. The topological polar surface area (TPSA) is 32.3 Å². The predicted octanol–water partition coefficient (Wildman–Crippen LogP) is 2.27. The molecule has 0 bridgehead atoms.